The Balaban J connectivity index is 2.32. The standard InChI is InChI=1S/C13H20N4O3/c1-7-5-10(18)17(8(2)11(7)13(19)20)9(3)12-15-14-6-16(12)4/h6-9,11H,5H2,1-4H3,(H,19,20). The predicted octanol–water partition coefficient (Wildman–Crippen LogP) is 0.834. The summed E-state index contributed by atoms with van der Waals surface area (Å²) in [6, 6.07) is -0.658. The van der Waals surface area contributed by atoms with Crippen LogP contribution < -0.4 is 0 Å². The van der Waals surface area contributed by atoms with Crippen molar-refractivity contribution in [2.75, 3.05) is 0 Å². The summed E-state index contributed by atoms with van der Waals surface area (Å²) in [5.74, 6) is -0.934. The lowest BCUT2D eigenvalue weighted by atomic mass is 9.80. The molecule has 1 aromatic rings. The largest absolute Gasteiger partial charge is 0.481 e. The van der Waals surface area contributed by atoms with Gasteiger partial charge in [0.1, 0.15) is 6.33 Å². The van der Waals surface area contributed by atoms with Crippen LogP contribution in [0.4, 0.5) is 0 Å². The zero-order chi connectivity index (χ0) is 15.0. The van der Waals surface area contributed by atoms with E-state index in [1.807, 2.05) is 20.9 Å². The molecule has 4 atom stereocenters. The van der Waals surface area contributed by atoms with Gasteiger partial charge in [0.2, 0.25) is 5.91 Å². The van der Waals surface area contributed by atoms with Crippen LogP contribution in [-0.2, 0) is 16.6 Å². The van der Waals surface area contributed by atoms with Crippen molar-refractivity contribution in [2.24, 2.45) is 18.9 Å². The quantitative estimate of drug-likeness (QED) is 0.886. The lowest BCUT2D eigenvalue weighted by molar-refractivity contribution is -0.156. The molecular formula is C13H20N4O3. The summed E-state index contributed by atoms with van der Waals surface area (Å²) >= 11 is 0. The zero-order valence-electron chi connectivity index (χ0n) is 12.1. The number of rotatable bonds is 3. The summed E-state index contributed by atoms with van der Waals surface area (Å²) in [5.41, 5.74) is 0. The highest BCUT2D eigenvalue weighted by molar-refractivity contribution is 5.82. The number of carboxylic acids is 1. The van der Waals surface area contributed by atoms with Gasteiger partial charge in [-0.25, -0.2) is 0 Å². The Morgan fingerprint density at radius 3 is 2.65 bits per heavy atom. The molecule has 20 heavy (non-hydrogen) atoms. The Hall–Kier alpha value is -1.92. The van der Waals surface area contributed by atoms with Crippen molar-refractivity contribution < 1.29 is 14.7 Å². The molecule has 0 aliphatic carbocycles. The minimum absolute atomic E-state index is 0.0296. The first-order chi connectivity index (χ1) is 9.34. The molecule has 0 bridgehead atoms. The third kappa shape index (κ3) is 2.28. The number of aliphatic carboxylic acids is 1. The summed E-state index contributed by atoms with van der Waals surface area (Å²) in [6.45, 7) is 5.46. The molecule has 2 heterocycles. The number of hydrogen-bond donors (Lipinski definition) is 1. The van der Waals surface area contributed by atoms with Gasteiger partial charge in [0.05, 0.1) is 12.0 Å². The minimum Gasteiger partial charge on any atom is -0.481 e. The fourth-order valence-electron chi connectivity index (χ4n) is 3.20. The van der Waals surface area contributed by atoms with E-state index in [1.54, 1.807) is 22.7 Å². The minimum atomic E-state index is -0.854. The molecule has 110 valence electrons. The highest BCUT2D eigenvalue weighted by Crippen LogP contribution is 2.35. The Morgan fingerprint density at radius 1 is 1.50 bits per heavy atom. The Bertz CT molecular complexity index is 527. The van der Waals surface area contributed by atoms with E-state index in [4.69, 9.17) is 0 Å². The van der Waals surface area contributed by atoms with Gasteiger partial charge in [-0.2, -0.15) is 0 Å². The van der Waals surface area contributed by atoms with E-state index in [2.05, 4.69) is 10.2 Å². The zero-order valence-corrected chi connectivity index (χ0v) is 12.1. The second-order valence-corrected chi connectivity index (χ2v) is 5.56. The number of hydrogen-bond acceptors (Lipinski definition) is 4. The van der Waals surface area contributed by atoms with Gasteiger partial charge in [0, 0.05) is 19.5 Å². The molecule has 0 spiro atoms. The van der Waals surface area contributed by atoms with Crippen LogP contribution in [0.3, 0.4) is 0 Å². The number of amides is 1. The fraction of sp³-hybridized carbons (Fsp3) is 0.692. The topological polar surface area (TPSA) is 88.3 Å². The third-order valence-electron chi connectivity index (χ3n) is 4.18. The van der Waals surface area contributed by atoms with Gasteiger partial charge < -0.3 is 14.6 Å². The van der Waals surface area contributed by atoms with Crippen molar-refractivity contribution in [1.82, 2.24) is 19.7 Å². The van der Waals surface area contributed by atoms with E-state index in [0.29, 0.717) is 5.82 Å². The molecule has 1 fully saturated rings. The highest BCUT2D eigenvalue weighted by atomic mass is 16.4. The Kier molecular flexibility index (Phi) is 3.78. The lowest BCUT2D eigenvalue weighted by Gasteiger charge is -2.43. The normalized spacial score (nSPS) is 28.5. The summed E-state index contributed by atoms with van der Waals surface area (Å²) in [6.07, 6.45) is 1.83. The molecule has 1 aliphatic rings. The molecule has 2 rings (SSSR count). The number of likely N-dealkylation sites (tertiary alicyclic amines) is 1. The number of carbonyl (C=O) groups is 2. The van der Waals surface area contributed by atoms with E-state index in [0.717, 1.165) is 0 Å². The molecule has 0 radical (unpaired) electrons. The maximum atomic E-state index is 12.3. The highest BCUT2D eigenvalue weighted by Gasteiger charge is 2.44. The molecular weight excluding hydrogens is 260 g/mol. The third-order valence-corrected chi connectivity index (χ3v) is 4.18. The summed E-state index contributed by atoms with van der Waals surface area (Å²) in [4.78, 5) is 25.4. The van der Waals surface area contributed by atoms with Crippen LogP contribution in [0, 0.1) is 11.8 Å². The Labute approximate surface area is 117 Å². The Morgan fingerprint density at radius 2 is 2.15 bits per heavy atom. The van der Waals surface area contributed by atoms with Gasteiger partial charge in [0.15, 0.2) is 5.82 Å². The average molecular weight is 280 g/mol. The number of aromatic nitrogens is 3. The van der Waals surface area contributed by atoms with Crippen molar-refractivity contribution in [3.05, 3.63) is 12.2 Å². The van der Waals surface area contributed by atoms with Crippen molar-refractivity contribution in [3.63, 3.8) is 0 Å². The maximum absolute atomic E-state index is 12.3. The fourth-order valence-corrected chi connectivity index (χ4v) is 3.20. The van der Waals surface area contributed by atoms with Crippen LogP contribution in [0.25, 0.3) is 0 Å². The molecule has 0 saturated carbocycles. The average Bonchev–Trinajstić information content (AvgIpc) is 2.73. The van der Waals surface area contributed by atoms with Gasteiger partial charge >= 0.3 is 5.97 Å². The predicted molar refractivity (Wildman–Crippen MR) is 70.6 cm³/mol. The smallest absolute Gasteiger partial charge is 0.308 e. The van der Waals surface area contributed by atoms with Crippen molar-refractivity contribution in [1.29, 1.82) is 0 Å². The first-order valence-electron chi connectivity index (χ1n) is 6.72. The van der Waals surface area contributed by atoms with Gasteiger partial charge in [0.25, 0.3) is 0 Å². The molecule has 1 saturated heterocycles. The van der Waals surface area contributed by atoms with Crippen molar-refractivity contribution in [2.45, 2.75) is 39.3 Å². The van der Waals surface area contributed by atoms with Crippen molar-refractivity contribution in [3.8, 4) is 0 Å². The van der Waals surface area contributed by atoms with Gasteiger partial charge in [-0.3, -0.25) is 9.59 Å². The molecule has 1 N–H and O–H groups in total. The number of piperidine rings is 1. The summed E-state index contributed by atoms with van der Waals surface area (Å²) in [7, 11) is 1.81. The molecule has 1 amide bonds. The van der Waals surface area contributed by atoms with Crippen molar-refractivity contribution >= 4 is 11.9 Å². The van der Waals surface area contributed by atoms with Crippen LogP contribution in [0.15, 0.2) is 6.33 Å². The van der Waals surface area contributed by atoms with E-state index < -0.39 is 11.9 Å². The van der Waals surface area contributed by atoms with E-state index in [9.17, 15) is 14.7 Å². The molecule has 7 nitrogen and oxygen atoms in total. The summed E-state index contributed by atoms with van der Waals surface area (Å²) in [5, 5.41) is 17.2. The first-order valence-corrected chi connectivity index (χ1v) is 6.72. The molecule has 1 aromatic heterocycles. The molecule has 1 aliphatic heterocycles. The van der Waals surface area contributed by atoms with Gasteiger partial charge in [-0.05, 0) is 19.8 Å². The summed E-state index contributed by atoms with van der Waals surface area (Å²) < 4.78 is 1.75. The second-order valence-electron chi connectivity index (χ2n) is 5.56. The first kappa shape index (κ1) is 14.5. The van der Waals surface area contributed by atoms with Crippen LogP contribution >= 0.6 is 0 Å². The SMILES string of the molecule is CC1CC(=O)N(C(C)c2nncn2C)C(C)C1C(=O)O. The van der Waals surface area contributed by atoms with Crippen LogP contribution in [-0.4, -0.2) is 42.7 Å². The van der Waals surface area contributed by atoms with Gasteiger partial charge in [-0.1, -0.05) is 6.92 Å². The molecule has 0 aromatic carbocycles. The maximum Gasteiger partial charge on any atom is 0.308 e. The van der Waals surface area contributed by atoms with Crippen LogP contribution in [0.1, 0.15) is 39.1 Å². The van der Waals surface area contributed by atoms with Crippen LogP contribution in [0.5, 0.6) is 0 Å². The number of carbonyl (C=O) groups excluding carboxylic acids is 1. The number of nitrogens with zero attached hydrogens (tertiary/aromatic N) is 4. The number of carboxylic acid groups (broad SMARTS) is 1. The lowest BCUT2D eigenvalue weighted by Crippen LogP contribution is -2.53. The van der Waals surface area contributed by atoms with E-state index in [-0.39, 0.29) is 30.3 Å². The number of aryl methyl sites for hydroxylation is 1. The van der Waals surface area contributed by atoms with Crippen LogP contribution in [0.2, 0.25) is 0 Å². The van der Waals surface area contributed by atoms with E-state index in [1.165, 1.54) is 0 Å². The van der Waals surface area contributed by atoms with Gasteiger partial charge in [-0.15, -0.1) is 10.2 Å². The second kappa shape index (κ2) is 5.22. The van der Waals surface area contributed by atoms with E-state index >= 15 is 0 Å². The molecule has 7 heteroatoms. The monoisotopic (exact) mass is 280 g/mol. The molecule has 4 unspecified atom stereocenters.